The third-order valence-electron chi connectivity index (χ3n) is 3.31. The minimum Gasteiger partial charge on any atom is -0.496 e. The summed E-state index contributed by atoms with van der Waals surface area (Å²) in [5.41, 5.74) is 1.08. The predicted octanol–water partition coefficient (Wildman–Crippen LogP) is 3.56. The lowest BCUT2D eigenvalue weighted by Gasteiger charge is -2.11. The molecule has 0 atom stereocenters. The third kappa shape index (κ3) is 4.91. The smallest absolute Gasteiger partial charge is 0.224 e. The van der Waals surface area contributed by atoms with Gasteiger partial charge in [-0.05, 0) is 24.5 Å². The summed E-state index contributed by atoms with van der Waals surface area (Å²) in [6.45, 7) is 5.96. The van der Waals surface area contributed by atoms with Gasteiger partial charge >= 0.3 is 0 Å². The maximum absolute atomic E-state index is 5.34. The van der Waals surface area contributed by atoms with Gasteiger partial charge in [-0.25, -0.2) is 4.98 Å². The minimum atomic E-state index is 0.612. The Morgan fingerprint density at radius 3 is 2.73 bits per heavy atom. The Balaban J connectivity index is 1.92. The molecular formula is C17H24N4O. The second-order valence-electron chi connectivity index (χ2n) is 5.54. The highest BCUT2D eigenvalue weighted by molar-refractivity contribution is 5.41. The number of methoxy groups -OCH3 is 1. The van der Waals surface area contributed by atoms with Crippen molar-refractivity contribution in [3.63, 3.8) is 0 Å². The van der Waals surface area contributed by atoms with E-state index in [-0.39, 0.29) is 0 Å². The van der Waals surface area contributed by atoms with Gasteiger partial charge in [-0.15, -0.1) is 0 Å². The summed E-state index contributed by atoms with van der Waals surface area (Å²) < 4.78 is 5.34. The van der Waals surface area contributed by atoms with Crippen molar-refractivity contribution in [2.75, 3.05) is 24.3 Å². The minimum absolute atomic E-state index is 0.612. The summed E-state index contributed by atoms with van der Waals surface area (Å²) in [5.74, 6) is 3.00. The molecule has 0 spiro atoms. The summed E-state index contributed by atoms with van der Waals surface area (Å²) in [6, 6.07) is 9.80. The van der Waals surface area contributed by atoms with Crippen LogP contribution in [0.15, 0.2) is 36.5 Å². The van der Waals surface area contributed by atoms with Crippen molar-refractivity contribution >= 4 is 11.8 Å². The Bertz CT molecular complexity index is 586. The Hall–Kier alpha value is -2.30. The van der Waals surface area contributed by atoms with Crippen LogP contribution in [0, 0.1) is 5.92 Å². The van der Waals surface area contributed by atoms with Crippen LogP contribution in [-0.4, -0.2) is 23.6 Å². The van der Waals surface area contributed by atoms with Crippen molar-refractivity contribution in [3.05, 3.63) is 42.1 Å². The maximum atomic E-state index is 5.34. The summed E-state index contributed by atoms with van der Waals surface area (Å²) in [7, 11) is 1.68. The number of aromatic nitrogens is 2. The van der Waals surface area contributed by atoms with Crippen molar-refractivity contribution in [2.24, 2.45) is 5.92 Å². The van der Waals surface area contributed by atoms with Crippen molar-refractivity contribution < 1.29 is 4.74 Å². The van der Waals surface area contributed by atoms with Gasteiger partial charge in [0.2, 0.25) is 5.95 Å². The lowest BCUT2D eigenvalue weighted by atomic mass is 10.1. The van der Waals surface area contributed by atoms with Crippen molar-refractivity contribution in [1.29, 1.82) is 0 Å². The van der Waals surface area contributed by atoms with E-state index in [9.17, 15) is 0 Å². The molecule has 1 aromatic heterocycles. The molecular weight excluding hydrogens is 276 g/mol. The number of ether oxygens (including phenoxy) is 1. The van der Waals surface area contributed by atoms with Gasteiger partial charge in [0.15, 0.2) is 0 Å². The van der Waals surface area contributed by atoms with Crippen LogP contribution < -0.4 is 15.4 Å². The van der Waals surface area contributed by atoms with Gasteiger partial charge in [-0.3, -0.25) is 0 Å². The summed E-state index contributed by atoms with van der Waals surface area (Å²) in [5, 5.41) is 6.55. The molecule has 2 rings (SSSR count). The van der Waals surface area contributed by atoms with E-state index in [4.69, 9.17) is 4.74 Å². The van der Waals surface area contributed by atoms with Crippen LogP contribution in [-0.2, 0) is 6.54 Å². The van der Waals surface area contributed by atoms with Crippen molar-refractivity contribution in [2.45, 2.75) is 26.8 Å². The van der Waals surface area contributed by atoms with Crippen LogP contribution in [0.1, 0.15) is 25.8 Å². The van der Waals surface area contributed by atoms with Gasteiger partial charge in [0.25, 0.3) is 0 Å². The van der Waals surface area contributed by atoms with E-state index in [1.807, 2.05) is 30.3 Å². The fourth-order valence-corrected chi connectivity index (χ4v) is 2.05. The topological polar surface area (TPSA) is 59.1 Å². The molecule has 2 aromatic rings. The molecule has 0 radical (unpaired) electrons. The lowest BCUT2D eigenvalue weighted by Crippen LogP contribution is -2.09. The van der Waals surface area contributed by atoms with Gasteiger partial charge in [0, 0.05) is 24.8 Å². The SMILES string of the molecule is COc1ccccc1CNc1nccc(NCCC(C)C)n1. The van der Waals surface area contributed by atoms with E-state index in [0.717, 1.165) is 30.1 Å². The molecule has 118 valence electrons. The summed E-state index contributed by atoms with van der Waals surface area (Å²) >= 11 is 0. The Kier molecular flexibility index (Phi) is 6.01. The molecule has 0 saturated heterocycles. The standard InChI is InChI=1S/C17H24N4O/c1-13(2)8-10-18-16-9-11-19-17(21-16)20-12-14-6-4-5-7-15(14)22-3/h4-7,9,11,13H,8,10,12H2,1-3H3,(H2,18,19,20,21). The molecule has 0 aliphatic heterocycles. The van der Waals surface area contributed by atoms with E-state index in [0.29, 0.717) is 18.4 Å². The molecule has 5 heteroatoms. The molecule has 0 aliphatic rings. The van der Waals surface area contributed by atoms with Gasteiger partial charge in [0.1, 0.15) is 11.6 Å². The number of para-hydroxylation sites is 1. The van der Waals surface area contributed by atoms with Crippen LogP contribution in [0.3, 0.4) is 0 Å². The number of hydrogen-bond donors (Lipinski definition) is 2. The number of rotatable bonds is 8. The number of nitrogens with zero attached hydrogens (tertiary/aromatic N) is 2. The van der Waals surface area contributed by atoms with Crippen LogP contribution in [0.25, 0.3) is 0 Å². The molecule has 2 N–H and O–H groups in total. The zero-order chi connectivity index (χ0) is 15.8. The van der Waals surface area contributed by atoms with Crippen LogP contribution in [0.5, 0.6) is 5.75 Å². The molecule has 0 amide bonds. The van der Waals surface area contributed by atoms with Crippen molar-refractivity contribution in [1.82, 2.24) is 9.97 Å². The largest absolute Gasteiger partial charge is 0.496 e. The second-order valence-corrected chi connectivity index (χ2v) is 5.54. The lowest BCUT2D eigenvalue weighted by molar-refractivity contribution is 0.410. The fraction of sp³-hybridized carbons (Fsp3) is 0.412. The monoisotopic (exact) mass is 300 g/mol. The van der Waals surface area contributed by atoms with E-state index < -0.39 is 0 Å². The molecule has 1 aromatic carbocycles. The van der Waals surface area contributed by atoms with E-state index in [1.165, 1.54) is 0 Å². The van der Waals surface area contributed by atoms with Gasteiger partial charge in [-0.1, -0.05) is 32.0 Å². The first kappa shape index (κ1) is 16.1. The summed E-state index contributed by atoms with van der Waals surface area (Å²) in [6.07, 6.45) is 2.88. The first-order valence-corrected chi connectivity index (χ1v) is 7.61. The number of hydrogen-bond acceptors (Lipinski definition) is 5. The van der Waals surface area contributed by atoms with Crippen molar-refractivity contribution in [3.8, 4) is 5.75 Å². The summed E-state index contributed by atoms with van der Waals surface area (Å²) in [4.78, 5) is 8.72. The van der Waals surface area contributed by atoms with Gasteiger partial charge in [0.05, 0.1) is 7.11 Å². The highest BCUT2D eigenvalue weighted by atomic mass is 16.5. The molecule has 0 fully saturated rings. The Morgan fingerprint density at radius 2 is 1.95 bits per heavy atom. The van der Waals surface area contributed by atoms with Crippen LogP contribution >= 0.6 is 0 Å². The average Bonchev–Trinajstić information content (AvgIpc) is 2.53. The molecule has 22 heavy (non-hydrogen) atoms. The van der Waals surface area contributed by atoms with E-state index >= 15 is 0 Å². The van der Waals surface area contributed by atoms with Crippen LogP contribution in [0.2, 0.25) is 0 Å². The quantitative estimate of drug-likeness (QED) is 0.780. The zero-order valence-corrected chi connectivity index (χ0v) is 13.5. The first-order chi connectivity index (χ1) is 10.7. The predicted molar refractivity (Wildman–Crippen MR) is 90.3 cm³/mol. The second kappa shape index (κ2) is 8.22. The van der Waals surface area contributed by atoms with Crippen LogP contribution in [0.4, 0.5) is 11.8 Å². The number of nitrogens with one attached hydrogen (secondary N) is 2. The normalized spacial score (nSPS) is 10.5. The molecule has 0 aliphatic carbocycles. The molecule has 0 unspecified atom stereocenters. The van der Waals surface area contributed by atoms with E-state index in [2.05, 4.69) is 34.4 Å². The number of benzene rings is 1. The Labute approximate surface area is 132 Å². The van der Waals surface area contributed by atoms with Gasteiger partial charge in [-0.2, -0.15) is 4.98 Å². The Morgan fingerprint density at radius 1 is 1.14 bits per heavy atom. The fourth-order valence-electron chi connectivity index (χ4n) is 2.05. The molecule has 0 saturated carbocycles. The van der Waals surface area contributed by atoms with Gasteiger partial charge < -0.3 is 15.4 Å². The third-order valence-corrected chi connectivity index (χ3v) is 3.31. The van der Waals surface area contributed by atoms with E-state index in [1.54, 1.807) is 13.3 Å². The highest BCUT2D eigenvalue weighted by Crippen LogP contribution is 2.18. The zero-order valence-electron chi connectivity index (χ0n) is 13.5. The number of anilines is 2. The maximum Gasteiger partial charge on any atom is 0.224 e. The molecule has 1 heterocycles. The highest BCUT2D eigenvalue weighted by Gasteiger charge is 2.03. The molecule has 0 bridgehead atoms. The molecule has 5 nitrogen and oxygen atoms in total. The first-order valence-electron chi connectivity index (χ1n) is 7.61. The average molecular weight is 300 g/mol.